The highest BCUT2D eigenvalue weighted by molar-refractivity contribution is 7.90. The van der Waals surface area contributed by atoms with Crippen LogP contribution < -0.4 is 4.90 Å². The number of anilines is 1. The van der Waals surface area contributed by atoms with Crippen LogP contribution in [0.3, 0.4) is 0 Å². The standard InChI is InChI=1S/C19H18N2O3S3/c1-4-11-21(18(22)17-10-5-13(2)26-17)19-20-16(12-25-19)14-6-8-15(9-7-14)27(3,23)24/h4-10,12H,1,11H2,2-3H3. The van der Waals surface area contributed by atoms with Crippen molar-refractivity contribution in [3.63, 3.8) is 0 Å². The Morgan fingerprint density at radius 2 is 1.93 bits per heavy atom. The number of thiazole rings is 1. The number of hydrogen-bond donors (Lipinski definition) is 0. The number of amides is 1. The van der Waals surface area contributed by atoms with Gasteiger partial charge in [0.25, 0.3) is 5.91 Å². The highest BCUT2D eigenvalue weighted by Gasteiger charge is 2.21. The fourth-order valence-electron chi connectivity index (χ4n) is 2.45. The molecule has 2 aromatic heterocycles. The van der Waals surface area contributed by atoms with Gasteiger partial charge < -0.3 is 0 Å². The molecule has 0 fully saturated rings. The number of aryl methyl sites for hydroxylation is 1. The smallest absolute Gasteiger partial charge is 0.270 e. The number of hydrogen-bond acceptors (Lipinski definition) is 6. The van der Waals surface area contributed by atoms with Gasteiger partial charge in [-0.25, -0.2) is 13.4 Å². The molecule has 0 aliphatic carbocycles. The van der Waals surface area contributed by atoms with Gasteiger partial charge in [-0.3, -0.25) is 9.69 Å². The monoisotopic (exact) mass is 418 g/mol. The third-order valence-corrected chi connectivity index (χ3v) is 6.79. The maximum atomic E-state index is 12.8. The number of benzene rings is 1. The van der Waals surface area contributed by atoms with E-state index in [0.29, 0.717) is 22.2 Å². The molecular weight excluding hydrogens is 400 g/mol. The SMILES string of the molecule is C=CCN(C(=O)c1ccc(C)s1)c1nc(-c2ccc(S(C)(=O)=O)cc2)cs1. The van der Waals surface area contributed by atoms with Crippen LogP contribution >= 0.6 is 22.7 Å². The zero-order valence-corrected chi connectivity index (χ0v) is 17.3. The van der Waals surface area contributed by atoms with Crippen molar-refractivity contribution in [2.24, 2.45) is 0 Å². The summed E-state index contributed by atoms with van der Waals surface area (Å²) in [4.78, 5) is 21.0. The molecule has 0 unspecified atom stereocenters. The van der Waals surface area contributed by atoms with Crippen LogP contribution in [0.2, 0.25) is 0 Å². The van der Waals surface area contributed by atoms with E-state index < -0.39 is 9.84 Å². The highest BCUT2D eigenvalue weighted by atomic mass is 32.2. The van der Waals surface area contributed by atoms with E-state index in [2.05, 4.69) is 11.6 Å². The minimum absolute atomic E-state index is 0.110. The van der Waals surface area contributed by atoms with E-state index >= 15 is 0 Å². The molecule has 0 aliphatic rings. The van der Waals surface area contributed by atoms with Crippen molar-refractivity contribution in [3.05, 3.63) is 64.2 Å². The fraction of sp³-hybridized carbons (Fsp3) is 0.158. The molecule has 0 radical (unpaired) electrons. The summed E-state index contributed by atoms with van der Waals surface area (Å²) in [5.41, 5.74) is 1.49. The first-order valence-electron chi connectivity index (χ1n) is 8.05. The minimum Gasteiger partial charge on any atom is -0.279 e. The molecule has 0 saturated heterocycles. The van der Waals surface area contributed by atoms with Crippen molar-refractivity contribution < 1.29 is 13.2 Å². The summed E-state index contributed by atoms with van der Waals surface area (Å²) in [5.74, 6) is -0.110. The topological polar surface area (TPSA) is 67.3 Å². The van der Waals surface area contributed by atoms with Gasteiger partial charge in [0.2, 0.25) is 0 Å². The third-order valence-electron chi connectivity index (χ3n) is 3.81. The summed E-state index contributed by atoms with van der Waals surface area (Å²) < 4.78 is 23.2. The molecule has 140 valence electrons. The van der Waals surface area contributed by atoms with Gasteiger partial charge in [0.1, 0.15) is 0 Å². The van der Waals surface area contributed by atoms with Crippen molar-refractivity contribution in [1.29, 1.82) is 0 Å². The van der Waals surface area contributed by atoms with Gasteiger partial charge in [0.05, 0.1) is 15.5 Å². The van der Waals surface area contributed by atoms with Gasteiger partial charge in [-0.1, -0.05) is 18.2 Å². The summed E-state index contributed by atoms with van der Waals surface area (Å²) in [7, 11) is -3.24. The second kappa shape index (κ2) is 7.75. The van der Waals surface area contributed by atoms with Gasteiger partial charge in [-0.05, 0) is 31.2 Å². The number of aromatic nitrogens is 1. The van der Waals surface area contributed by atoms with Crippen LogP contribution in [0.1, 0.15) is 14.5 Å². The van der Waals surface area contributed by atoms with Crippen LogP contribution in [0.4, 0.5) is 5.13 Å². The van der Waals surface area contributed by atoms with E-state index in [1.54, 1.807) is 35.2 Å². The molecule has 0 bridgehead atoms. The Balaban J connectivity index is 1.90. The van der Waals surface area contributed by atoms with Crippen molar-refractivity contribution in [1.82, 2.24) is 4.98 Å². The molecule has 3 rings (SSSR count). The average molecular weight is 419 g/mol. The Morgan fingerprint density at radius 3 is 2.48 bits per heavy atom. The first-order chi connectivity index (χ1) is 12.8. The van der Waals surface area contributed by atoms with Crippen molar-refractivity contribution in [2.75, 3.05) is 17.7 Å². The van der Waals surface area contributed by atoms with Gasteiger partial charge in [-0.15, -0.1) is 29.3 Å². The van der Waals surface area contributed by atoms with Gasteiger partial charge in [-0.2, -0.15) is 0 Å². The molecule has 0 atom stereocenters. The predicted octanol–water partition coefficient (Wildman–Crippen LogP) is 4.42. The molecule has 0 spiro atoms. The molecule has 3 aromatic rings. The van der Waals surface area contributed by atoms with E-state index in [1.807, 2.05) is 24.4 Å². The summed E-state index contributed by atoms with van der Waals surface area (Å²) in [6, 6.07) is 10.3. The van der Waals surface area contributed by atoms with Crippen LogP contribution in [-0.2, 0) is 9.84 Å². The van der Waals surface area contributed by atoms with Crippen molar-refractivity contribution >= 4 is 43.5 Å². The molecule has 0 aliphatic heterocycles. The number of carbonyl (C=O) groups is 1. The maximum Gasteiger partial charge on any atom is 0.270 e. The van der Waals surface area contributed by atoms with E-state index in [4.69, 9.17) is 0 Å². The summed E-state index contributed by atoms with van der Waals surface area (Å²) in [5, 5.41) is 2.43. The second-order valence-corrected chi connectivity index (χ2v) is 10.1. The van der Waals surface area contributed by atoms with E-state index in [1.165, 1.54) is 28.9 Å². The lowest BCUT2D eigenvalue weighted by Crippen LogP contribution is -2.30. The minimum atomic E-state index is -3.24. The molecule has 1 amide bonds. The maximum absolute atomic E-state index is 12.8. The van der Waals surface area contributed by atoms with Crippen molar-refractivity contribution in [2.45, 2.75) is 11.8 Å². The van der Waals surface area contributed by atoms with Gasteiger partial charge >= 0.3 is 0 Å². The lowest BCUT2D eigenvalue weighted by Gasteiger charge is -2.17. The quantitative estimate of drug-likeness (QED) is 0.556. The summed E-state index contributed by atoms with van der Waals surface area (Å²) in [6.45, 7) is 6.05. The van der Waals surface area contributed by atoms with Gasteiger partial charge in [0.15, 0.2) is 15.0 Å². The number of sulfone groups is 1. The molecular formula is C19H18N2O3S3. The Kier molecular flexibility index (Phi) is 5.59. The lowest BCUT2D eigenvalue weighted by molar-refractivity contribution is 0.0993. The zero-order valence-electron chi connectivity index (χ0n) is 14.9. The Labute approximate surface area is 166 Å². The third kappa shape index (κ3) is 4.35. The first-order valence-corrected chi connectivity index (χ1v) is 11.6. The van der Waals surface area contributed by atoms with Crippen LogP contribution in [-0.4, -0.2) is 32.1 Å². The highest BCUT2D eigenvalue weighted by Crippen LogP contribution is 2.30. The fourth-order valence-corrected chi connectivity index (χ4v) is 4.74. The normalized spacial score (nSPS) is 11.3. The molecule has 2 heterocycles. The summed E-state index contributed by atoms with van der Waals surface area (Å²) in [6.07, 6.45) is 2.84. The van der Waals surface area contributed by atoms with Crippen molar-refractivity contribution in [3.8, 4) is 11.3 Å². The second-order valence-electron chi connectivity index (χ2n) is 5.93. The van der Waals surface area contributed by atoms with Crippen LogP contribution in [0.15, 0.2) is 59.3 Å². The van der Waals surface area contributed by atoms with Gasteiger partial charge in [0, 0.05) is 28.6 Å². The van der Waals surface area contributed by atoms with E-state index in [-0.39, 0.29) is 10.8 Å². The Bertz CT molecular complexity index is 1080. The molecule has 8 heteroatoms. The first kappa shape index (κ1) is 19.5. The van der Waals surface area contributed by atoms with Crippen LogP contribution in [0.25, 0.3) is 11.3 Å². The van der Waals surface area contributed by atoms with Crippen LogP contribution in [0.5, 0.6) is 0 Å². The Morgan fingerprint density at radius 1 is 1.22 bits per heavy atom. The largest absolute Gasteiger partial charge is 0.279 e. The Hall–Kier alpha value is -2.29. The number of carbonyl (C=O) groups excluding carboxylic acids is 1. The number of nitrogens with zero attached hydrogens (tertiary/aromatic N) is 2. The molecule has 5 nitrogen and oxygen atoms in total. The molecule has 27 heavy (non-hydrogen) atoms. The van der Waals surface area contributed by atoms with E-state index in [0.717, 1.165) is 10.4 Å². The molecule has 0 saturated carbocycles. The molecule has 1 aromatic carbocycles. The lowest BCUT2D eigenvalue weighted by atomic mass is 10.2. The zero-order chi connectivity index (χ0) is 19.6. The molecule has 0 N–H and O–H groups in total. The number of rotatable bonds is 6. The average Bonchev–Trinajstić information content (AvgIpc) is 3.28. The number of thiophene rings is 1. The predicted molar refractivity (Wildman–Crippen MR) is 112 cm³/mol. The summed E-state index contributed by atoms with van der Waals surface area (Å²) >= 11 is 2.81. The van der Waals surface area contributed by atoms with Crippen LogP contribution in [0, 0.1) is 6.92 Å². The van der Waals surface area contributed by atoms with E-state index in [9.17, 15) is 13.2 Å².